The minimum Gasteiger partial charge on any atom is -0.508 e. The molecule has 0 fully saturated rings. The third-order valence-corrected chi connectivity index (χ3v) is 1.80. The molecule has 1 aromatic carbocycles. The van der Waals surface area contributed by atoms with Gasteiger partial charge in [0, 0.05) is 5.56 Å². The van der Waals surface area contributed by atoms with Crippen LogP contribution in [0.5, 0.6) is 5.75 Å². The first-order valence-electron chi connectivity index (χ1n) is 3.83. The molecule has 0 heterocycles. The summed E-state index contributed by atoms with van der Waals surface area (Å²) in [5.74, 6) is 0.238. The number of rotatable bonds is 2. The Bertz CT molecular complexity index is 299. The van der Waals surface area contributed by atoms with Gasteiger partial charge in [0.25, 0.3) is 0 Å². The summed E-state index contributed by atoms with van der Waals surface area (Å²) in [5, 5.41) is 9.47. The van der Waals surface area contributed by atoms with E-state index >= 15 is 0 Å². The molecular formula is C10H14ClNO. The minimum absolute atomic E-state index is 0. The zero-order chi connectivity index (χ0) is 9.14. The molecule has 13 heavy (non-hydrogen) atoms. The molecule has 3 heteroatoms. The molecule has 1 rings (SSSR count). The Morgan fingerprint density at radius 1 is 1.54 bits per heavy atom. The van der Waals surface area contributed by atoms with Crippen LogP contribution in [0.25, 0.3) is 0 Å². The fraction of sp³-hybridized carbons (Fsp3) is 0.200. The molecule has 0 aliphatic heterocycles. The van der Waals surface area contributed by atoms with E-state index in [1.807, 2.05) is 19.1 Å². The SMILES string of the molecule is C=C[C@H](N)c1ccc(C)cc1O.Cl. The zero-order valence-electron chi connectivity index (χ0n) is 7.53. The number of aromatic hydroxyl groups is 1. The van der Waals surface area contributed by atoms with E-state index in [0.29, 0.717) is 0 Å². The van der Waals surface area contributed by atoms with Crippen molar-refractivity contribution in [3.05, 3.63) is 42.0 Å². The van der Waals surface area contributed by atoms with Crippen LogP contribution in [-0.4, -0.2) is 5.11 Å². The van der Waals surface area contributed by atoms with Crippen molar-refractivity contribution in [2.45, 2.75) is 13.0 Å². The maximum absolute atomic E-state index is 9.47. The van der Waals surface area contributed by atoms with Crippen molar-refractivity contribution >= 4 is 12.4 Å². The second-order valence-corrected chi connectivity index (χ2v) is 2.82. The Kier molecular flexibility index (Phi) is 4.52. The fourth-order valence-electron chi connectivity index (χ4n) is 1.06. The summed E-state index contributed by atoms with van der Waals surface area (Å²) in [6.07, 6.45) is 1.60. The van der Waals surface area contributed by atoms with Gasteiger partial charge in [-0.2, -0.15) is 0 Å². The van der Waals surface area contributed by atoms with Crippen molar-refractivity contribution in [1.29, 1.82) is 0 Å². The van der Waals surface area contributed by atoms with E-state index in [9.17, 15) is 5.11 Å². The average molecular weight is 200 g/mol. The van der Waals surface area contributed by atoms with Gasteiger partial charge in [-0.3, -0.25) is 0 Å². The van der Waals surface area contributed by atoms with Crippen molar-refractivity contribution in [2.24, 2.45) is 5.73 Å². The molecule has 1 atom stereocenters. The monoisotopic (exact) mass is 199 g/mol. The van der Waals surface area contributed by atoms with Gasteiger partial charge in [0.1, 0.15) is 5.75 Å². The van der Waals surface area contributed by atoms with Crippen molar-refractivity contribution < 1.29 is 5.11 Å². The number of phenolic OH excluding ortho intramolecular Hbond substituents is 1. The molecule has 0 aromatic heterocycles. The van der Waals surface area contributed by atoms with Gasteiger partial charge < -0.3 is 10.8 Å². The smallest absolute Gasteiger partial charge is 0.120 e. The van der Waals surface area contributed by atoms with Crippen LogP contribution in [0.2, 0.25) is 0 Å². The van der Waals surface area contributed by atoms with E-state index in [0.717, 1.165) is 11.1 Å². The first-order valence-corrected chi connectivity index (χ1v) is 3.83. The Hall–Kier alpha value is -0.990. The Balaban J connectivity index is 0.00000144. The van der Waals surface area contributed by atoms with Gasteiger partial charge in [0.05, 0.1) is 6.04 Å². The van der Waals surface area contributed by atoms with Crippen LogP contribution in [0.4, 0.5) is 0 Å². The lowest BCUT2D eigenvalue weighted by Gasteiger charge is -2.08. The van der Waals surface area contributed by atoms with Gasteiger partial charge in [-0.05, 0) is 18.6 Å². The van der Waals surface area contributed by atoms with Crippen molar-refractivity contribution in [1.82, 2.24) is 0 Å². The van der Waals surface area contributed by atoms with Crippen LogP contribution in [0.15, 0.2) is 30.9 Å². The summed E-state index contributed by atoms with van der Waals surface area (Å²) in [6, 6.07) is 5.14. The first-order chi connectivity index (χ1) is 5.65. The van der Waals surface area contributed by atoms with E-state index in [4.69, 9.17) is 5.73 Å². The Labute approximate surface area is 84.5 Å². The van der Waals surface area contributed by atoms with Gasteiger partial charge in [0.15, 0.2) is 0 Å². The van der Waals surface area contributed by atoms with Crippen LogP contribution < -0.4 is 5.73 Å². The quantitative estimate of drug-likeness (QED) is 0.719. The van der Waals surface area contributed by atoms with Gasteiger partial charge in [0.2, 0.25) is 0 Å². The molecule has 72 valence electrons. The van der Waals surface area contributed by atoms with Crippen molar-refractivity contribution in [3.8, 4) is 5.75 Å². The molecule has 0 bridgehead atoms. The predicted molar refractivity (Wildman–Crippen MR) is 57.2 cm³/mol. The zero-order valence-corrected chi connectivity index (χ0v) is 8.34. The number of phenols is 1. The Morgan fingerprint density at radius 2 is 2.15 bits per heavy atom. The lowest BCUT2D eigenvalue weighted by atomic mass is 10.0. The Morgan fingerprint density at radius 3 is 2.62 bits per heavy atom. The standard InChI is InChI=1S/C10H13NO.ClH/c1-3-9(11)8-5-4-7(2)6-10(8)12;/h3-6,9,12H,1,11H2,2H3;1H/t9-;/m0./s1. The average Bonchev–Trinajstić information content (AvgIpc) is 2.03. The number of benzene rings is 1. The molecule has 0 aliphatic carbocycles. The normalized spacial score (nSPS) is 11.5. The van der Waals surface area contributed by atoms with Crippen LogP contribution in [0, 0.1) is 6.92 Å². The summed E-state index contributed by atoms with van der Waals surface area (Å²) in [4.78, 5) is 0. The highest BCUT2D eigenvalue weighted by molar-refractivity contribution is 5.85. The highest BCUT2D eigenvalue weighted by atomic mass is 35.5. The fourth-order valence-corrected chi connectivity index (χ4v) is 1.06. The summed E-state index contributed by atoms with van der Waals surface area (Å²) in [7, 11) is 0. The number of nitrogens with two attached hydrogens (primary N) is 1. The van der Waals surface area contributed by atoms with Crippen LogP contribution in [-0.2, 0) is 0 Å². The van der Waals surface area contributed by atoms with Crippen molar-refractivity contribution in [3.63, 3.8) is 0 Å². The molecule has 0 aliphatic rings. The number of halogens is 1. The number of hydrogen-bond donors (Lipinski definition) is 2. The molecule has 0 amide bonds. The minimum atomic E-state index is -0.286. The van der Waals surface area contributed by atoms with E-state index < -0.39 is 0 Å². The largest absolute Gasteiger partial charge is 0.508 e. The maximum atomic E-state index is 9.47. The first kappa shape index (κ1) is 12.0. The van der Waals surface area contributed by atoms with Crippen LogP contribution in [0.1, 0.15) is 17.2 Å². The van der Waals surface area contributed by atoms with E-state index in [1.54, 1.807) is 12.1 Å². The van der Waals surface area contributed by atoms with E-state index in [2.05, 4.69) is 6.58 Å². The maximum Gasteiger partial charge on any atom is 0.120 e. The molecule has 0 saturated heterocycles. The van der Waals surface area contributed by atoms with Crippen LogP contribution in [0.3, 0.4) is 0 Å². The van der Waals surface area contributed by atoms with Gasteiger partial charge >= 0.3 is 0 Å². The van der Waals surface area contributed by atoms with Crippen LogP contribution >= 0.6 is 12.4 Å². The van der Waals surface area contributed by atoms with Gasteiger partial charge in [-0.15, -0.1) is 19.0 Å². The summed E-state index contributed by atoms with van der Waals surface area (Å²) in [5.41, 5.74) is 7.41. The predicted octanol–water partition coefficient (Wildman–Crippen LogP) is 2.31. The third-order valence-electron chi connectivity index (χ3n) is 1.80. The molecule has 3 N–H and O–H groups in total. The molecule has 0 unspecified atom stereocenters. The number of aryl methyl sites for hydroxylation is 1. The third kappa shape index (κ3) is 2.76. The molecule has 0 saturated carbocycles. The van der Waals surface area contributed by atoms with Gasteiger partial charge in [-0.1, -0.05) is 18.2 Å². The second kappa shape index (κ2) is 4.90. The highest BCUT2D eigenvalue weighted by Crippen LogP contribution is 2.23. The molecule has 1 aromatic rings. The topological polar surface area (TPSA) is 46.2 Å². The molecular weight excluding hydrogens is 186 g/mol. The summed E-state index contributed by atoms with van der Waals surface area (Å²) >= 11 is 0. The lowest BCUT2D eigenvalue weighted by Crippen LogP contribution is -2.06. The lowest BCUT2D eigenvalue weighted by molar-refractivity contribution is 0.465. The highest BCUT2D eigenvalue weighted by Gasteiger charge is 2.06. The summed E-state index contributed by atoms with van der Waals surface area (Å²) < 4.78 is 0. The molecule has 0 radical (unpaired) electrons. The van der Waals surface area contributed by atoms with Crippen molar-refractivity contribution in [2.75, 3.05) is 0 Å². The van der Waals surface area contributed by atoms with E-state index in [1.165, 1.54) is 0 Å². The van der Waals surface area contributed by atoms with Gasteiger partial charge in [-0.25, -0.2) is 0 Å². The summed E-state index contributed by atoms with van der Waals surface area (Å²) in [6.45, 7) is 5.48. The molecule has 0 spiro atoms. The second-order valence-electron chi connectivity index (χ2n) is 2.82. The number of hydrogen-bond acceptors (Lipinski definition) is 2. The molecule has 2 nitrogen and oxygen atoms in total. The van der Waals surface area contributed by atoms with E-state index in [-0.39, 0.29) is 24.2 Å².